The third-order valence-electron chi connectivity index (χ3n) is 4.59. The molecule has 2 rings (SSSR count). The first kappa shape index (κ1) is 15.4. The maximum atomic E-state index is 14.3. The normalized spacial score (nSPS) is 28.4. The first-order valence-electron chi connectivity index (χ1n) is 7.16. The van der Waals surface area contributed by atoms with Crippen LogP contribution in [0.4, 0.5) is 8.78 Å². The summed E-state index contributed by atoms with van der Waals surface area (Å²) in [6.45, 7) is 3.75. The standard InChI is InChI=1S/C16H23F2NO/c1-10-5-4-8-16(9-10,20-3)15(19)13-12(17)7-6-11(2)14(13)18/h6-7,10,15H,4-5,8-9,19H2,1-3H3. The van der Waals surface area contributed by atoms with Crippen molar-refractivity contribution in [2.45, 2.75) is 51.2 Å². The summed E-state index contributed by atoms with van der Waals surface area (Å²) >= 11 is 0. The van der Waals surface area contributed by atoms with Crippen LogP contribution >= 0.6 is 0 Å². The summed E-state index contributed by atoms with van der Waals surface area (Å²) in [5, 5.41) is 0. The van der Waals surface area contributed by atoms with Gasteiger partial charge in [-0.3, -0.25) is 0 Å². The molecule has 0 radical (unpaired) electrons. The average Bonchev–Trinajstić information content (AvgIpc) is 2.43. The van der Waals surface area contributed by atoms with Crippen LogP contribution in [0.25, 0.3) is 0 Å². The molecule has 20 heavy (non-hydrogen) atoms. The van der Waals surface area contributed by atoms with Crippen LogP contribution in [0.1, 0.15) is 49.8 Å². The van der Waals surface area contributed by atoms with Crippen molar-refractivity contribution in [2.24, 2.45) is 11.7 Å². The molecule has 1 saturated carbocycles. The Hall–Kier alpha value is -1.00. The van der Waals surface area contributed by atoms with Crippen LogP contribution in [-0.2, 0) is 4.74 Å². The second-order valence-electron chi connectivity index (χ2n) is 6.04. The first-order valence-corrected chi connectivity index (χ1v) is 7.16. The summed E-state index contributed by atoms with van der Waals surface area (Å²) < 4.78 is 34.0. The van der Waals surface area contributed by atoms with Crippen molar-refractivity contribution in [3.8, 4) is 0 Å². The number of nitrogens with two attached hydrogens (primary N) is 1. The van der Waals surface area contributed by atoms with Gasteiger partial charge in [-0.25, -0.2) is 8.78 Å². The monoisotopic (exact) mass is 283 g/mol. The van der Waals surface area contributed by atoms with Crippen LogP contribution in [0.5, 0.6) is 0 Å². The highest BCUT2D eigenvalue weighted by Crippen LogP contribution is 2.43. The SMILES string of the molecule is COC1(C(N)c2c(F)ccc(C)c2F)CCCC(C)C1. The van der Waals surface area contributed by atoms with Gasteiger partial charge in [-0.2, -0.15) is 0 Å². The molecular weight excluding hydrogens is 260 g/mol. The number of hydrogen-bond donors (Lipinski definition) is 1. The Labute approximate surface area is 119 Å². The predicted molar refractivity (Wildman–Crippen MR) is 75.4 cm³/mol. The molecule has 0 aliphatic heterocycles. The van der Waals surface area contributed by atoms with E-state index >= 15 is 0 Å². The van der Waals surface area contributed by atoms with Crippen LogP contribution in [0.3, 0.4) is 0 Å². The molecule has 1 aliphatic carbocycles. The van der Waals surface area contributed by atoms with E-state index in [1.807, 2.05) is 0 Å². The average molecular weight is 283 g/mol. The van der Waals surface area contributed by atoms with Crippen molar-refractivity contribution in [1.29, 1.82) is 0 Å². The molecule has 3 atom stereocenters. The summed E-state index contributed by atoms with van der Waals surface area (Å²) in [6.07, 6.45) is 3.55. The zero-order valence-corrected chi connectivity index (χ0v) is 12.4. The van der Waals surface area contributed by atoms with Gasteiger partial charge in [-0.15, -0.1) is 0 Å². The number of aryl methyl sites for hydroxylation is 1. The minimum atomic E-state index is -0.782. The van der Waals surface area contributed by atoms with Gasteiger partial charge >= 0.3 is 0 Å². The molecular formula is C16H23F2NO. The Balaban J connectivity index is 2.43. The van der Waals surface area contributed by atoms with Gasteiger partial charge in [0.1, 0.15) is 11.6 Å². The van der Waals surface area contributed by atoms with Crippen LogP contribution < -0.4 is 5.73 Å². The Morgan fingerprint density at radius 3 is 2.70 bits per heavy atom. The lowest BCUT2D eigenvalue weighted by Crippen LogP contribution is -2.47. The molecule has 0 saturated heterocycles. The van der Waals surface area contributed by atoms with Gasteiger partial charge in [0.2, 0.25) is 0 Å². The summed E-state index contributed by atoms with van der Waals surface area (Å²) in [5.74, 6) is -0.687. The van der Waals surface area contributed by atoms with Crippen LogP contribution in [0.15, 0.2) is 12.1 Å². The molecule has 2 N–H and O–H groups in total. The van der Waals surface area contributed by atoms with Gasteiger partial charge in [-0.05, 0) is 37.3 Å². The zero-order valence-electron chi connectivity index (χ0n) is 12.4. The number of benzene rings is 1. The molecule has 1 aliphatic rings. The van der Waals surface area contributed by atoms with Crippen molar-refractivity contribution < 1.29 is 13.5 Å². The molecule has 4 heteroatoms. The third-order valence-corrected chi connectivity index (χ3v) is 4.59. The van der Waals surface area contributed by atoms with E-state index in [2.05, 4.69) is 6.92 Å². The number of methoxy groups -OCH3 is 1. The first-order chi connectivity index (χ1) is 9.41. The van der Waals surface area contributed by atoms with Crippen molar-refractivity contribution in [1.82, 2.24) is 0 Å². The predicted octanol–water partition coefficient (Wildman–Crippen LogP) is 3.87. The van der Waals surface area contributed by atoms with Crippen molar-refractivity contribution in [3.63, 3.8) is 0 Å². The second kappa shape index (κ2) is 5.78. The molecule has 1 aromatic carbocycles. The number of halogens is 2. The van der Waals surface area contributed by atoms with Gasteiger partial charge in [0.25, 0.3) is 0 Å². The minimum absolute atomic E-state index is 0.0408. The zero-order chi connectivity index (χ0) is 14.9. The summed E-state index contributed by atoms with van der Waals surface area (Å²) in [7, 11) is 1.59. The van der Waals surface area contributed by atoms with E-state index in [0.717, 1.165) is 25.7 Å². The fraction of sp³-hybridized carbons (Fsp3) is 0.625. The molecule has 2 nitrogen and oxygen atoms in total. The lowest BCUT2D eigenvalue weighted by molar-refractivity contribution is -0.0731. The molecule has 0 aromatic heterocycles. The van der Waals surface area contributed by atoms with E-state index in [1.54, 1.807) is 14.0 Å². The van der Waals surface area contributed by atoms with Crippen LogP contribution in [-0.4, -0.2) is 12.7 Å². The topological polar surface area (TPSA) is 35.2 Å². The molecule has 0 bridgehead atoms. The lowest BCUT2D eigenvalue weighted by atomic mass is 9.72. The smallest absolute Gasteiger partial charge is 0.133 e. The van der Waals surface area contributed by atoms with Gasteiger partial charge in [0, 0.05) is 12.7 Å². The molecule has 0 spiro atoms. The van der Waals surface area contributed by atoms with Gasteiger partial charge in [0.05, 0.1) is 11.6 Å². The highest BCUT2D eigenvalue weighted by Gasteiger charge is 2.43. The van der Waals surface area contributed by atoms with Crippen LogP contribution in [0, 0.1) is 24.5 Å². The van der Waals surface area contributed by atoms with Gasteiger partial charge < -0.3 is 10.5 Å². The second-order valence-corrected chi connectivity index (χ2v) is 6.04. The molecule has 0 amide bonds. The minimum Gasteiger partial charge on any atom is -0.376 e. The van der Waals surface area contributed by atoms with E-state index in [4.69, 9.17) is 10.5 Å². The Bertz CT molecular complexity index is 492. The van der Waals surface area contributed by atoms with Crippen molar-refractivity contribution in [2.75, 3.05) is 7.11 Å². The molecule has 1 aromatic rings. The van der Waals surface area contributed by atoms with E-state index in [0.29, 0.717) is 11.5 Å². The summed E-state index contributed by atoms with van der Waals surface area (Å²) in [4.78, 5) is 0. The van der Waals surface area contributed by atoms with Crippen molar-refractivity contribution in [3.05, 3.63) is 34.9 Å². The number of rotatable bonds is 3. The maximum absolute atomic E-state index is 14.3. The van der Waals surface area contributed by atoms with Gasteiger partial charge in [-0.1, -0.05) is 25.8 Å². The summed E-state index contributed by atoms with van der Waals surface area (Å²) in [6, 6.07) is 1.93. The van der Waals surface area contributed by atoms with E-state index in [1.165, 1.54) is 12.1 Å². The van der Waals surface area contributed by atoms with E-state index < -0.39 is 23.3 Å². The maximum Gasteiger partial charge on any atom is 0.133 e. The Kier molecular flexibility index (Phi) is 4.45. The Morgan fingerprint density at radius 1 is 1.40 bits per heavy atom. The molecule has 1 fully saturated rings. The van der Waals surface area contributed by atoms with Gasteiger partial charge in [0.15, 0.2) is 0 Å². The Morgan fingerprint density at radius 2 is 2.10 bits per heavy atom. The molecule has 3 unspecified atom stereocenters. The largest absolute Gasteiger partial charge is 0.376 e. The van der Waals surface area contributed by atoms with Crippen molar-refractivity contribution >= 4 is 0 Å². The number of hydrogen-bond acceptors (Lipinski definition) is 2. The number of ether oxygens (including phenoxy) is 1. The fourth-order valence-electron chi connectivity index (χ4n) is 3.37. The van der Waals surface area contributed by atoms with E-state index in [9.17, 15) is 8.78 Å². The quantitative estimate of drug-likeness (QED) is 0.914. The molecule has 112 valence electrons. The summed E-state index contributed by atoms with van der Waals surface area (Å²) in [5.41, 5.74) is 5.94. The van der Waals surface area contributed by atoms with E-state index in [-0.39, 0.29) is 5.56 Å². The highest BCUT2D eigenvalue weighted by atomic mass is 19.1. The fourth-order valence-corrected chi connectivity index (χ4v) is 3.37. The third kappa shape index (κ3) is 2.59. The highest BCUT2D eigenvalue weighted by molar-refractivity contribution is 5.31. The lowest BCUT2D eigenvalue weighted by Gasteiger charge is -2.43. The molecule has 0 heterocycles. The van der Waals surface area contributed by atoms with Crippen LogP contribution in [0.2, 0.25) is 0 Å².